The van der Waals surface area contributed by atoms with Crippen LogP contribution in [0.3, 0.4) is 0 Å². The number of para-hydroxylation sites is 2. The Balaban J connectivity index is 2.20. The van der Waals surface area contributed by atoms with Gasteiger partial charge in [0.1, 0.15) is 0 Å². The first-order valence-corrected chi connectivity index (χ1v) is 10.8. The third-order valence-corrected chi connectivity index (χ3v) is 5.68. The van der Waals surface area contributed by atoms with Crippen LogP contribution >= 0.6 is 11.8 Å². The third-order valence-electron chi connectivity index (χ3n) is 4.63. The van der Waals surface area contributed by atoms with Crippen molar-refractivity contribution in [1.82, 2.24) is 14.9 Å². The molecule has 0 aliphatic carbocycles. The molecule has 0 radical (unpaired) electrons. The second-order valence-electron chi connectivity index (χ2n) is 7.69. The Labute approximate surface area is 175 Å². The molecule has 1 atom stereocenters. The normalized spacial score (nSPS) is 12.5. The summed E-state index contributed by atoms with van der Waals surface area (Å²) in [4.78, 5) is 30.7. The van der Waals surface area contributed by atoms with E-state index in [0.717, 1.165) is 11.3 Å². The minimum atomic E-state index is -0.386. The van der Waals surface area contributed by atoms with E-state index in [9.17, 15) is 9.59 Å². The fourth-order valence-corrected chi connectivity index (χ4v) is 4.13. The zero-order chi connectivity index (χ0) is 21.1. The van der Waals surface area contributed by atoms with Gasteiger partial charge in [-0.15, -0.1) is 0 Å². The summed E-state index contributed by atoms with van der Waals surface area (Å²) < 4.78 is 1.65. The van der Waals surface area contributed by atoms with Crippen molar-refractivity contribution in [3.8, 4) is 5.69 Å². The van der Waals surface area contributed by atoms with Gasteiger partial charge >= 0.3 is 0 Å². The van der Waals surface area contributed by atoms with Gasteiger partial charge in [0, 0.05) is 6.04 Å². The zero-order valence-electron chi connectivity index (χ0n) is 17.5. The van der Waals surface area contributed by atoms with E-state index in [1.165, 1.54) is 11.8 Å². The van der Waals surface area contributed by atoms with E-state index in [1.54, 1.807) is 10.6 Å². The van der Waals surface area contributed by atoms with Crippen LogP contribution in [0.4, 0.5) is 0 Å². The van der Waals surface area contributed by atoms with Gasteiger partial charge in [0.25, 0.3) is 5.56 Å². The molecule has 6 heteroatoms. The van der Waals surface area contributed by atoms with E-state index >= 15 is 0 Å². The fourth-order valence-electron chi connectivity index (χ4n) is 3.20. The van der Waals surface area contributed by atoms with Crippen molar-refractivity contribution >= 4 is 28.6 Å². The number of carbonyl (C=O) groups excluding carboxylic acids is 1. The first-order valence-electron chi connectivity index (χ1n) is 9.87. The van der Waals surface area contributed by atoms with Crippen LogP contribution < -0.4 is 10.9 Å². The molecular formula is C23H27N3O2S. The smallest absolute Gasteiger partial charge is 0.266 e. The van der Waals surface area contributed by atoms with E-state index in [2.05, 4.69) is 19.2 Å². The second-order valence-corrected chi connectivity index (χ2v) is 9.00. The van der Waals surface area contributed by atoms with Crippen LogP contribution in [0.5, 0.6) is 0 Å². The highest BCUT2D eigenvalue weighted by Gasteiger charge is 2.22. The van der Waals surface area contributed by atoms with Gasteiger partial charge < -0.3 is 5.32 Å². The molecule has 1 amide bonds. The van der Waals surface area contributed by atoms with Crippen molar-refractivity contribution in [3.05, 3.63) is 64.4 Å². The lowest BCUT2D eigenvalue weighted by molar-refractivity contribution is -0.120. The minimum absolute atomic E-state index is 0.0546. The number of amides is 1. The van der Waals surface area contributed by atoms with Crippen LogP contribution in [0.25, 0.3) is 16.6 Å². The lowest BCUT2D eigenvalue weighted by Crippen LogP contribution is -2.36. The van der Waals surface area contributed by atoms with Crippen molar-refractivity contribution in [3.63, 3.8) is 0 Å². The first-order chi connectivity index (χ1) is 13.8. The lowest BCUT2D eigenvalue weighted by Gasteiger charge is -2.20. The number of thioether (sulfide) groups is 1. The number of aromatic nitrogens is 2. The van der Waals surface area contributed by atoms with Gasteiger partial charge in [0.15, 0.2) is 5.16 Å². The SMILES string of the molecule is CC(C)NC(=O)C(C)Sc1nc2ccccc2c(=O)n1-c1ccccc1C(C)C. The molecule has 1 heterocycles. The largest absolute Gasteiger partial charge is 0.353 e. The summed E-state index contributed by atoms with van der Waals surface area (Å²) in [6.45, 7) is 9.90. The number of hydrogen-bond donors (Lipinski definition) is 1. The topological polar surface area (TPSA) is 64.0 Å². The van der Waals surface area contributed by atoms with Gasteiger partial charge in [-0.05, 0) is 50.5 Å². The maximum Gasteiger partial charge on any atom is 0.266 e. The number of hydrogen-bond acceptors (Lipinski definition) is 4. The Morgan fingerprint density at radius 3 is 2.34 bits per heavy atom. The standard InChI is InChI=1S/C23H27N3O2S/c1-14(2)17-10-7-9-13-20(17)26-22(28)18-11-6-8-12-19(18)25-23(26)29-16(5)21(27)24-15(3)4/h6-16H,1-5H3,(H,24,27). The highest BCUT2D eigenvalue weighted by molar-refractivity contribution is 8.00. The van der Waals surface area contributed by atoms with E-state index in [4.69, 9.17) is 4.98 Å². The van der Waals surface area contributed by atoms with Gasteiger partial charge in [0.2, 0.25) is 5.91 Å². The molecule has 1 unspecified atom stereocenters. The van der Waals surface area contributed by atoms with E-state index < -0.39 is 0 Å². The summed E-state index contributed by atoms with van der Waals surface area (Å²) in [6.07, 6.45) is 0. The summed E-state index contributed by atoms with van der Waals surface area (Å²) >= 11 is 1.30. The summed E-state index contributed by atoms with van der Waals surface area (Å²) in [5.41, 5.74) is 2.38. The Kier molecular flexibility index (Phi) is 6.42. The Hall–Kier alpha value is -2.60. The average Bonchev–Trinajstić information content (AvgIpc) is 2.67. The number of benzene rings is 2. The highest BCUT2D eigenvalue weighted by atomic mass is 32.2. The molecule has 3 rings (SSSR count). The van der Waals surface area contributed by atoms with Crippen LogP contribution in [0, 0.1) is 0 Å². The van der Waals surface area contributed by atoms with E-state index in [0.29, 0.717) is 16.1 Å². The molecule has 5 nitrogen and oxygen atoms in total. The van der Waals surface area contributed by atoms with Crippen LogP contribution in [0.1, 0.15) is 46.1 Å². The number of rotatable bonds is 6. The molecule has 3 aromatic rings. The molecule has 0 spiro atoms. The molecule has 1 aromatic heterocycles. The minimum Gasteiger partial charge on any atom is -0.353 e. The molecule has 0 saturated heterocycles. The van der Waals surface area contributed by atoms with Crippen molar-refractivity contribution in [2.24, 2.45) is 0 Å². The second kappa shape index (κ2) is 8.82. The molecule has 1 N–H and O–H groups in total. The number of carbonyl (C=O) groups is 1. The maximum atomic E-state index is 13.5. The monoisotopic (exact) mass is 409 g/mol. The van der Waals surface area contributed by atoms with Gasteiger partial charge in [-0.25, -0.2) is 4.98 Å². The molecule has 0 bridgehead atoms. The summed E-state index contributed by atoms with van der Waals surface area (Å²) in [6, 6.07) is 15.3. The van der Waals surface area contributed by atoms with Crippen LogP contribution in [-0.2, 0) is 4.79 Å². The van der Waals surface area contributed by atoms with Crippen LogP contribution in [0.2, 0.25) is 0 Å². The predicted molar refractivity (Wildman–Crippen MR) is 120 cm³/mol. The third kappa shape index (κ3) is 4.53. The van der Waals surface area contributed by atoms with E-state index in [-0.39, 0.29) is 28.7 Å². The average molecular weight is 410 g/mol. The Morgan fingerprint density at radius 1 is 1.00 bits per heavy atom. The predicted octanol–water partition coefficient (Wildman–Crippen LogP) is 4.51. The molecular weight excluding hydrogens is 382 g/mol. The Bertz CT molecular complexity index is 1090. The van der Waals surface area contributed by atoms with Crippen molar-refractivity contribution in [1.29, 1.82) is 0 Å². The summed E-state index contributed by atoms with van der Waals surface area (Å²) in [5, 5.41) is 3.63. The zero-order valence-corrected chi connectivity index (χ0v) is 18.3. The van der Waals surface area contributed by atoms with Gasteiger partial charge in [0.05, 0.1) is 21.8 Å². The number of nitrogens with one attached hydrogen (secondary N) is 1. The van der Waals surface area contributed by atoms with Gasteiger partial charge in [-0.1, -0.05) is 55.9 Å². The van der Waals surface area contributed by atoms with Crippen molar-refractivity contribution in [2.75, 3.05) is 0 Å². The molecule has 152 valence electrons. The molecule has 2 aromatic carbocycles. The molecule has 0 fully saturated rings. The molecule has 0 aliphatic rings. The highest BCUT2D eigenvalue weighted by Crippen LogP contribution is 2.29. The van der Waals surface area contributed by atoms with Crippen LogP contribution in [0.15, 0.2) is 58.5 Å². The van der Waals surface area contributed by atoms with Gasteiger partial charge in [-0.3, -0.25) is 14.2 Å². The lowest BCUT2D eigenvalue weighted by atomic mass is 10.0. The number of fused-ring (bicyclic) bond motifs is 1. The van der Waals surface area contributed by atoms with Crippen molar-refractivity contribution in [2.45, 2.75) is 57.0 Å². The molecule has 0 saturated carbocycles. The summed E-state index contributed by atoms with van der Waals surface area (Å²) in [7, 11) is 0. The van der Waals surface area contributed by atoms with Crippen molar-refractivity contribution < 1.29 is 4.79 Å². The van der Waals surface area contributed by atoms with Crippen LogP contribution in [-0.4, -0.2) is 26.8 Å². The molecule has 0 aliphatic heterocycles. The fraction of sp³-hybridized carbons (Fsp3) is 0.348. The van der Waals surface area contributed by atoms with E-state index in [1.807, 2.05) is 63.2 Å². The summed E-state index contributed by atoms with van der Waals surface area (Å²) in [5.74, 6) is 0.167. The maximum absolute atomic E-state index is 13.5. The first kappa shape index (κ1) is 21.1. The quantitative estimate of drug-likeness (QED) is 0.480. The van der Waals surface area contributed by atoms with Gasteiger partial charge in [-0.2, -0.15) is 0 Å². The molecule has 29 heavy (non-hydrogen) atoms. The Morgan fingerprint density at radius 2 is 1.66 bits per heavy atom. The number of nitrogens with zero attached hydrogens (tertiary/aromatic N) is 2.